The van der Waals surface area contributed by atoms with E-state index in [9.17, 15) is 9.90 Å². The van der Waals surface area contributed by atoms with Gasteiger partial charge in [0.05, 0.1) is 18.9 Å². The van der Waals surface area contributed by atoms with Crippen molar-refractivity contribution in [2.24, 2.45) is 5.73 Å². The number of ether oxygens (including phenoxy) is 4. The third kappa shape index (κ3) is 4.94. The van der Waals surface area contributed by atoms with Crippen molar-refractivity contribution in [3.05, 3.63) is 75.3 Å². The fraction of sp³-hybridized carbons (Fsp3) is 0.280. The van der Waals surface area contributed by atoms with Crippen molar-refractivity contribution in [3.8, 4) is 23.1 Å². The summed E-state index contributed by atoms with van der Waals surface area (Å²) in [5.74, 6) is -0.538. The van der Waals surface area contributed by atoms with Gasteiger partial charge in [0.1, 0.15) is 25.1 Å². The van der Waals surface area contributed by atoms with Crippen LogP contribution in [0.5, 0.6) is 17.2 Å². The smallest absolute Gasteiger partial charge is 0.349 e. The minimum absolute atomic E-state index is 0.0183. The van der Waals surface area contributed by atoms with Gasteiger partial charge in [-0.2, -0.15) is 9.78 Å². The number of halogens is 1. The summed E-state index contributed by atoms with van der Waals surface area (Å²) < 4.78 is 38.8. The van der Waals surface area contributed by atoms with E-state index >= 15 is 4.39 Å². The highest BCUT2D eigenvalue weighted by Gasteiger charge is 2.31. The Labute approximate surface area is 226 Å². The Morgan fingerprint density at radius 2 is 2.00 bits per heavy atom. The zero-order valence-electron chi connectivity index (χ0n) is 21.5. The Balaban J connectivity index is 1.63. The van der Waals surface area contributed by atoms with Crippen molar-refractivity contribution in [1.82, 2.24) is 25.0 Å². The highest BCUT2D eigenvalue weighted by Crippen LogP contribution is 2.45. The number of nitrogens with two attached hydrogens (primary N) is 1. The first-order valence-corrected chi connectivity index (χ1v) is 12.2. The number of amidine groups is 1. The number of aromatic nitrogens is 5. The lowest BCUT2D eigenvalue weighted by molar-refractivity contribution is -0.0979. The number of benzene rings is 2. The molecule has 0 radical (unpaired) electrons. The van der Waals surface area contributed by atoms with Gasteiger partial charge in [-0.15, -0.1) is 5.10 Å². The van der Waals surface area contributed by atoms with Crippen molar-refractivity contribution in [1.29, 1.82) is 5.41 Å². The highest BCUT2D eigenvalue weighted by atomic mass is 19.1. The van der Waals surface area contributed by atoms with Crippen molar-refractivity contribution >= 4 is 11.5 Å². The number of nitrogen functional groups attached to an aromatic ring is 1. The van der Waals surface area contributed by atoms with Crippen molar-refractivity contribution in [3.63, 3.8) is 0 Å². The molecule has 0 spiro atoms. The van der Waals surface area contributed by atoms with Crippen LogP contribution in [0.1, 0.15) is 41.8 Å². The molecule has 5 rings (SSSR count). The maximum Gasteiger partial charge on any atom is 0.349 e. The Hall–Kier alpha value is -4.89. The van der Waals surface area contributed by atoms with Gasteiger partial charge in [0.25, 0.3) is 0 Å². The van der Waals surface area contributed by atoms with Gasteiger partial charge in [0.15, 0.2) is 29.5 Å². The number of nitrogens with zero attached hydrogens (tertiary/aromatic N) is 3. The molecule has 0 amide bonds. The number of aromatic amines is 2. The van der Waals surface area contributed by atoms with Gasteiger partial charge in [-0.05, 0) is 37.3 Å². The highest BCUT2D eigenvalue weighted by molar-refractivity contribution is 5.95. The third-order valence-electron chi connectivity index (χ3n) is 6.14. The molecule has 0 fully saturated rings. The van der Waals surface area contributed by atoms with Gasteiger partial charge in [-0.3, -0.25) is 15.5 Å². The second-order valence-corrected chi connectivity index (χ2v) is 8.61. The van der Waals surface area contributed by atoms with E-state index in [4.69, 9.17) is 30.1 Å². The number of hydrogen-bond donors (Lipinski definition) is 6. The van der Waals surface area contributed by atoms with Crippen molar-refractivity contribution < 1.29 is 28.4 Å². The SMILES string of the molecule is CCOC(O)c1cn[nH]c1-n1nc(C(Nc2ccc(C(=N)N)cc2)c2cc(OC)c3c(c2F)OCCO3)[nH]c1=O. The molecule has 2 aromatic carbocycles. The maximum absolute atomic E-state index is 16.0. The molecule has 1 aliphatic rings. The van der Waals surface area contributed by atoms with Gasteiger partial charge in [-0.1, -0.05) is 0 Å². The quantitative estimate of drug-likeness (QED) is 0.0953. The van der Waals surface area contributed by atoms with Crippen LogP contribution in [0.4, 0.5) is 10.1 Å². The minimum Gasteiger partial charge on any atom is -0.493 e. The number of hydrogen-bond acceptors (Lipinski definition) is 10. The summed E-state index contributed by atoms with van der Waals surface area (Å²) >= 11 is 0. The lowest BCUT2D eigenvalue weighted by Gasteiger charge is -2.25. The average molecular weight is 555 g/mol. The second kappa shape index (κ2) is 11.1. The van der Waals surface area contributed by atoms with Gasteiger partial charge in [-0.25, -0.2) is 9.18 Å². The number of nitrogens with one attached hydrogen (secondary N) is 4. The van der Waals surface area contributed by atoms with Gasteiger partial charge in [0, 0.05) is 23.4 Å². The van der Waals surface area contributed by atoms with Gasteiger partial charge in [0.2, 0.25) is 11.5 Å². The number of aliphatic hydroxyl groups excluding tert-OH is 1. The summed E-state index contributed by atoms with van der Waals surface area (Å²) in [4.78, 5) is 15.7. The predicted octanol–water partition coefficient (Wildman–Crippen LogP) is 1.72. The second-order valence-electron chi connectivity index (χ2n) is 8.61. The first-order chi connectivity index (χ1) is 19.3. The van der Waals surface area contributed by atoms with E-state index in [1.54, 1.807) is 31.2 Å². The minimum atomic E-state index is -1.36. The van der Waals surface area contributed by atoms with Crippen LogP contribution in [0.25, 0.3) is 5.82 Å². The van der Waals surface area contributed by atoms with Gasteiger partial charge >= 0.3 is 5.69 Å². The van der Waals surface area contributed by atoms with Crippen LogP contribution in [0.3, 0.4) is 0 Å². The molecule has 40 heavy (non-hydrogen) atoms. The fourth-order valence-electron chi connectivity index (χ4n) is 4.24. The lowest BCUT2D eigenvalue weighted by atomic mass is 10.0. The lowest BCUT2D eigenvalue weighted by Crippen LogP contribution is -2.21. The van der Waals surface area contributed by atoms with E-state index in [1.165, 1.54) is 19.4 Å². The molecule has 210 valence electrons. The molecule has 15 heteroatoms. The molecule has 0 saturated carbocycles. The Kier molecular flexibility index (Phi) is 7.39. The average Bonchev–Trinajstić information content (AvgIpc) is 3.59. The van der Waals surface area contributed by atoms with Gasteiger partial charge < -0.3 is 35.1 Å². The van der Waals surface area contributed by atoms with Crippen LogP contribution in [0, 0.1) is 11.2 Å². The number of anilines is 1. The van der Waals surface area contributed by atoms with E-state index < -0.39 is 23.8 Å². The molecule has 14 nitrogen and oxygen atoms in total. The van der Waals surface area contributed by atoms with Crippen LogP contribution < -0.4 is 31.0 Å². The van der Waals surface area contributed by atoms with Crippen LogP contribution in [-0.2, 0) is 4.74 Å². The molecule has 7 N–H and O–H groups in total. The zero-order chi connectivity index (χ0) is 28.4. The fourth-order valence-corrected chi connectivity index (χ4v) is 4.24. The Bertz CT molecular complexity index is 1580. The van der Waals surface area contributed by atoms with Crippen LogP contribution in [0.15, 0.2) is 41.3 Å². The van der Waals surface area contributed by atoms with E-state index in [2.05, 4.69) is 25.6 Å². The zero-order valence-corrected chi connectivity index (χ0v) is 21.5. The normalized spacial score (nSPS) is 14.0. The maximum atomic E-state index is 16.0. The largest absolute Gasteiger partial charge is 0.493 e. The summed E-state index contributed by atoms with van der Waals surface area (Å²) in [5.41, 5.74) is 6.10. The van der Waals surface area contributed by atoms with Crippen molar-refractivity contribution in [2.75, 3.05) is 32.2 Å². The number of methoxy groups -OCH3 is 1. The number of H-pyrrole nitrogens is 2. The Morgan fingerprint density at radius 1 is 1.27 bits per heavy atom. The topological polar surface area (TPSA) is 198 Å². The molecular formula is C25H27FN8O6. The van der Waals surface area contributed by atoms with E-state index in [-0.39, 0.29) is 65.7 Å². The first-order valence-electron chi connectivity index (χ1n) is 12.2. The van der Waals surface area contributed by atoms with E-state index in [0.717, 1.165) is 4.68 Å². The van der Waals surface area contributed by atoms with Crippen molar-refractivity contribution in [2.45, 2.75) is 19.3 Å². The van der Waals surface area contributed by atoms with E-state index in [1.807, 2.05) is 0 Å². The molecule has 2 aromatic heterocycles. The first kappa shape index (κ1) is 26.7. The summed E-state index contributed by atoms with van der Waals surface area (Å²) in [7, 11) is 1.41. The van der Waals surface area contributed by atoms with Crippen LogP contribution >= 0.6 is 0 Å². The standard InChI is InChI=1S/C25H27FN8O6/c1-3-38-24(35)15-11-29-32-23(15)34-25(36)31-22(33-34)18(30-13-6-4-12(5-7-13)21(27)28)14-10-16(37-2)19-20(17(14)26)40-9-8-39-19/h4-7,10-11,18,24,30,35H,3,8-9H2,1-2H3,(H3,27,28)(H,29,32)(H,31,33,36). The molecule has 0 saturated heterocycles. The molecule has 4 aromatic rings. The third-order valence-corrected chi connectivity index (χ3v) is 6.14. The summed E-state index contributed by atoms with van der Waals surface area (Å²) in [6.07, 6.45) is -0.0484. The summed E-state index contributed by atoms with van der Waals surface area (Å²) in [6.45, 7) is 2.28. The van der Waals surface area contributed by atoms with Crippen LogP contribution in [-0.4, -0.2) is 62.8 Å². The molecule has 0 aliphatic carbocycles. The summed E-state index contributed by atoms with van der Waals surface area (Å²) in [5, 5.41) is 32.1. The van der Waals surface area contributed by atoms with Crippen LogP contribution in [0.2, 0.25) is 0 Å². The summed E-state index contributed by atoms with van der Waals surface area (Å²) in [6, 6.07) is 6.90. The molecule has 2 atom stereocenters. The molecule has 1 aliphatic heterocycles. The molecule has 3 heterocycles. The Morgan fingerprint density at radius 3 is 2.67 bits per heavy atom. The molecule has 0 bridgehead atoms. The number of rotatable bonds is 10. The molecular weight excluding hydrogens is 527 g/mol. The molecule has 2 unspecified atom stereocenters. The monoisotopic (exact) mass is 554 g/mol. The van der Waals surface area contributed by atoms with E-state index in [0.29, 0.717) is 11.3 Å². The predicted molar refractivity (Wildman–Crippen MR) is 140 cm³/mol. The number of aliphatic hydroxyl groups is 1. The number of fused-ring (bicyclic) bond motifs is 1.